The molecule has 0 radical (unpaired) electrons. The predicted molar refractivity (Wildman–Crippen MR) is 285 cm³/mol. The Hall–Kier alpha value is -5.87. The third kappa shape index (κ3) is 12.5. The Bertz CT molecular complexity index is 2800. The molecule has 2 aliphatic carbocycles. The molecule has 8 aromatic rings. The van der Waals surface area contributed by atoms with Crippen LogP contribution in [0.2, 0.25) is 0 Å². The first-order valence-corrected chi connectivity index (χ1v) is 23.6. The summed E-state index contributed by atoms with van der Waals surface area (Å²) in [6.45, 7) is 33.6. The highest BCUT2D eigenvalue weighted by Gasteiger charge is 2.21. The van der Waals surface area contributed by atoms with Crippen molar-refractivity contribution in [3.8, 4) is 0 Å². The van der Waals surface area contributed by atoms with Gasteiger partial charge in [0.1, 0.15) is 0 Å². The Kier molecular flexibility index (Phi) is 14.4. The minimum atomic E-state index is 0.208. The monoisotopic (exact) mass is 865 g/mol. The first-order chi connectivity index (χ1) is 30.4. The van der Waals surface area contributed by atoms with Gasteiger partial charge in [0.2, 0.25) is 0 Å². The maximum Gasteiger partial charge on any atom is 0.0653 e. The molecule has 4 heteroatoms. The number of nitrogens with one attached hydrogen (secondary N) is 3. The number of rotatable bonds is 0. The van der Waals surface area contributed by atoms with E-state index in [2.05, 4.69) is 251 Å². The number of H-pyrrole nitrogens is 3. The van der Waals surface area contributed by atoms with Gasteiger partial charge in [-0.25, -0.2) is 0 Å². The quantitative estimate of drug-likeness (QED) is 0.140. The van der Waals surface area contributed by atoms with Crippen molar-refractivity contribution in [2.75, 3.05) is 0 Å². The number of aromatic amines is 3. The summed E-state index contributed by atoms with van der Waals surface area (Å²) < 4.78 is 0. The van der Waals surface area contributed by atoms with E-state index in [-0.39, 0.29) is 27.1 Å². The Balaban J connectivity index is 0.000000135. The fourth-order valence-electron chi connectivity index (χ4n) is 8.29. The molecule has 3 heterocycles. The Morgan fingerprint density at radius 1 is 0.431 bits per heavy atom. The van der Waals surface area contributed by atoms with Gasteiger partial charge in [0, 0.05) is 28.8 Å². The number of nitrogens with zero attached hydrogens (tertiary/aromatic N) is 1. The van der Waals surface area contributed by atoms with Gasteiger partial charge in [-0.1, -0.05) is 207 Å². The molecule has 0 spiro atoms. The van der Waals surface area contributed by atoms with E-state index >= 15 is 0 Å². The first-order valence-electron chi connectivity index (χ1n) is 23.6. The zero-order valence-electron chi connectivity index (χ0n) is 42.2. The van der Waals surface area contributed by atoms with Crippen LogP contribution >= 0.6 is 0 Å². The molecule has 0 saturated heterocycles. The van der Waals surface area contributed by atoms with E-state index in [1.807, 2.05) is 18.6 Å². The highest BCUT2D eigenvalue weighted by molar-refractivity contribution is 5.83. The van der Waals surface area contributed by atoms with Crippen LogP contribution in [-0.4, -0.2) is 20.2 Å². The van der Waals surface area contributed by atoms with Crippen molar-refractivity contribution >= 4 is 44.9 Å². The topological polar surface area (TPSA) is 60.3 Å². The van der Waals surface area contributed by atoms with Gasteiger partial charge in [-0.3, -0.25) is 5.10 Å². The number of aromatic nitrogens is 4. The molecule has 0 saturated carbocycles. The lowest BCUT2D eigenvalue weighted by atomic mass is 9.83. The van der Waals surface area contributed by atoms with E-state index in [1.54, 1.807) is 0 Å². The normalized spacial score (nSPS) is 13.2. The maximum atomic E-state index is 4.00. The molecule has 0 atom stereocenters. The molecule has 0 unspecified atom stereocenters. The summed E-state index contributed by atoms with van der Waals surface area (Å²) >= 11 is 0. The molecule has 3 N–H and O–H groups in total. The number of allylic oxidation sites excluding steroid dienone is 2. The first kappa shape index (κ1) is 48.6. The van der Waals surface area contributed by atoms with Crippen LogP contribution in [0.3, 0.4) is 0 Å². The largest absolute Gasteiger partial charge is 0.361 e. The van der Waals surface area contributed by atoms with Gasteiger partial charge < -0.3 is 9.97 Å². The number of para-hydroxylation sites is 1. The van der Waals surface area contributed by atoms with Crippen molar-refractivity contribution in [2.45, 2.75) is 144 Å². The van der Waals surface area contributed by atoms with Crippen molar-refractivity contribution in [2.24, 2.45) is 0 Å². The van der Waals surface area contributed by atoms with Crippen LogP contribution in [0.5, 0.6) is 0 Å². The molecular formula is C61H76N4. The Labute approximate surface area is 391 Å². The van der Waals surface area contributed by atoms with E-state index in [1.165, 1.54) is 77.3 Å². The second kappa shape index (κ2) is 19.3. The van der Waals surface area contributed by atoms with Crippen LogP contribution in [0.4, 0.5) is 0 Å². The predicted octanol–water partition coefficient (Wildman–Crippen LogP) is 16.9. The van der Waals surface area contributed by atoms with Crippen molar-refractivity contribution in [1.82, 2.24) is 20.2 Å². The van der Waals surface area contributed by atoms with Crippen molar-refractivity contribution in [3.63, 3.8) is 0 Å². The number of hydrogen-bond acceptors (Lipinski definition) is 1. The number of benzene rings is 5. The van der Waals surface area contributed by atoms with Gasteiger partial charge in [-0.2, -0.15) is 5.10 Å². The summed E-state index contributed by atoms with van der Waals surface area (Å²) in [5.74, 6) is 0. The van der Waals surface area contributed by atoms with Crippen LogP contribution in [-0.2, 0) is 39.9 Å². The highest BCUT2D eigenvalue weighted by atomic mass is 15.1. The van der Waals surface area contributed by atoms with Gasteiger partial charge in [0.05, 0.1) is 11.7 Å². The van der Waals surface area contributed by atoms with E-state index in [0.717, 1.165) is 18.4 Å². The van der Waals surface area contributed by atoms with Gasteiger partial charge in [0.15, 0.2) is 0 Å². The molecule has 0 aliphatic heterocycles. The summed E-state index contributed by atoms with van der Waals surface area (Å²) in [7, 11) is 0. The summed E-state index contributed by atoms with van der Waals surface area (Å²) in [6.07, 6.45) is 17.0. The molecule has 10 rings (SSSR count). The van der Waals surface area contributed by atoms with Crippen LogP contribution in [0.15, 0.2) is 134 Å². The lowest BCUT2D eigenvalue weighted by Crippen LogP contribution is -2.13. The zero-order valence-corrected chi connectivity index (χ0v) is 42.2. The maximum absolute atomic E-state index is 4.00. The lowest BCUT2D eigenvalue weighted by Gasteiger charge is -2.22. The van der Waals surface area contributed by atoms with Gasteiger partial charge >= 0.3 is 0 Å². The average molecular weight is 865 g/mol. The van der Waals surface area contributed by atoms with Crippen molar-refractivity contribution in [1.29, 1.82) is 0 Å². The molecule has 4 nitrogen and oxygen atoms in total. The molecule has 3 aromatic heterocycles. The highest BCUT2D eigenvalue weighted by Crippen LogP contribution is 2.33. The fraction of sp³-hybridized carbons (Fsp3) is 0.361. The van der Waals surface area contributed by atoms with E-state index in [4.69, 9.17) is 0 Å². The average Bonchev–Trinajstić information content (AvgIpc) is 4.09. The van der Waals surface area contributed by atoms with Gasteiger partial charge in [-0.05, 0) is 125 Å². The summed E-state index contributed by atoms with van der Waals surface area (Å²) in [5, 5.41) is 10.7. The third-order valence-electron chi connectivity index (χ3n) is 12.4. The summed E-state index contributed by atoms with van der Waals surface area (Å²) in [5.41, 5.74) is 17.6. The minimum absolute atomic E-state index is 0.208. The minimum Gasteiger partial charge on any atom is -0.361 e. The van der Waals surface area contributed by atoms with Crippen molar-refractivity contribution in [3.05, 3.63) is 184 Å². The lowest BCUT2D eigenvalue weighted by molar-refractivity contribution is 0.588. The van der Waals surface area contributed by atoms with E-state index < -0.39 is 0 Å². The van der Waals surface area contributed by atoms with Crippen molar-refractivity contribution < 1.29 is 0 Å². The molecule has 65 heavy (non-hydrogen) atoms. The molecule has 0 bridgehead atoms. The molecule has 340 valence electrons. The van der Waals surface area contributed by atoms with Crippen LogP contribution in [0.25, 0.3) is 44.9 Å². The zero-order chi connectivity index (χ0) is 47.4. The van der Waals surface area contributed by atoms with Gasteiger partial charge in [-0.15, -0.1) is 0 Å². The summed E-state index contributed by atoms with van der Waals surface area (Å²) in [4.78, 5) is 6.53. The Morgan fingerprint density at radius 2 is 0.969 bits per heavy atom. The molecule has 0 fully saturated rings. The van der Waals surface area contributed by atoms with Crippen LogP contribution in [0, 0.1) is 0 Å². The van der Waals surface area contributed by atoms with Crippen LogP contribution < -0.4 is 0 Å². The molecule has 0 amide bonds. The SMILES string of the molecule is CC(C)(C)c1ccc2c(c1)C=CC2.CC(C)(C)c1ccc2cc[nH]c2c1.CC(C)(C)c1ccc2cn[nH]c2c1.CC(C)(C)c1cccc2c1C=CC2.CC(C)(C)c1cccc2cc[nH]c12. The van der Waals surface area contributed by atoms with E-state index in [0.29, 0.717) is 0 Å². The van der Waals surface area contributed by atoms with E-state index in [9.17, 15) is 0 Å². The van der Waals surface area contributed by atoms with Crippen LogP contribution in [0.1, 0.15) is 154 Å². The fourth-order valence-corrected chi connectivity index (χ4v) is 8.29. The Morgan fingerprint density at radius 3 is 1.63 bits per heavy atom. The van der Waals surface area contributed by atoms with Gasteiger partial charge in [0.25, 0.3) is 0 Å². The third-order valence-corrected chi connectivity index (χ3v) is 12.4. The molecule has 5 aromatic carbocycles. The number of fused-ring (bicyclic) bond motifs is 5. The smallest absolute Gasteiger partial charge is 0.0653 e. The summed E-state index contributed by atoms with van der Waals surface area (Å²) in [6, 6.07) is 37.2. The number of hydrogen-bond donors (Lipinski definition) is 3. The second-order valence-electron chi connectivity index (χ2n) is 23.0. The molecular weight excluding hydrogens is 789 g/mol. The standard InChI is InChI=1S/2C13H16.2C12H15N.C11H14N2/c1-13(2,3)12-9-5-7-10-6-4-8-11(10)12;1-13(2,3)12-8-7-10-5-4-6-11(10)9-12;1-12(2,3)10-5-4-9-6-7-13-11(9)8-10;1-12(2,3)10-6-4-5-9-7-8-13-11(9)10;1-11(2,3)9-5-4-8-7-12-13-10(8)6-9/h4-5,7-9H,6H2,1-3H3;4,6-9H,5H2,1-3H3;2*4-8,13H,1-3H3;4-7H,1-3H3,(H,12,13). The second-order valence-corrected chi connectivity index (χ2v) is 23.0. The molecule has 2 aliphatic rings.